The van der Waals surface area contributed by atoms with Crippen LogP contribution in [0.25, 0.3) is 0 Å². The van der Waals surface area contributed by atoms with Gasteiger partial charge in [-0.25, -0.2) is 17.7 Å². The molecule has 1 aromatic heterocycles. The van der Waals surface area contributed by atoms with Crippen LogP contribution in [0.5, 0.6) is 0 Å². The lowest BCUT2D eigenvalue weighted by molar-refractivity contribution is 0.314. The van der Waals surface area contributed by atoms with E-state index in [0.717, 1.165) is 37.4 Å². The van der Waals surface area contributed by atoms with E-state index in [-0.39, 0.29) is 5.92 Å². The lowest BCUT2D eigenvalue weighted by Gasteiger charge is -2.30. The molecule has 3 heterocycles. The first-order valence-corrected chi connectivity index (χ1v) is 9.41. The van der Waals surface area contributed by atoms with E-state index in [1.54, 1.807) is 10.5 Å². The molecule has 6 nitrogen and oxygen atoms in total. The third-order valence-electron chi connectivity index (χ3n) is 4.34. The summed E-state index contributed by atoms with van der Waals surface area (Å²) >= 11 is 0. The molecule has 116 valence electrons. The highest BCUT2D eigenvalue weighted by Crippen LogP contribution is 2.28. The second kappa shape index (κ2) is 5.88. The molecule has 0 bridgehead atoms. The van der Waals surface area contributed by atoms with Gasteiger partial charge < -0.3 is 4.90 Å². The van der Waals surface area contributed by atoms with Gasteiger partial charge in [0.05, 0.1) is 18.1 Å². The van der Waals surface area contributed by atoms with E-state index in [2.05, 4.69) is 9.88 Å². The minimum atomic E-state index is -3.12. The highest BCUT2D eigenvalue weighted by molar-refractivity contribution is 7.88. The van der Waals surface area contributed by atoms with E-state index < -0.39 is 10.0 Å². The molecule has 2 saturated heterocycles. The zero-order valence-electron chi connectivity index (χ0n) is 12.4. The average Bonchev–Trinajstić information content (AvgIpc) is 3.01. The molecule has 0 spiro atoms. The van der Waals surface area contributed by atoms with E-state index in [1.165, 1.54) is 19.1 Å². The lowest BCUT2D eigenvalue weighted by atomic mass is 9.96. The molecule has 0 N–H and O–H groups in total. The van der Waals surface area contributed by atoms with Gasteiger partial charge in [-0.05, 0) is 25.7 Å². The van der Waals surface area contributed by atoms with Gasteiger partial charge in [-0.15, -0.1) is 0 Å². The second-order valence-corrected chi connectivity index (χ2v) is 7.94. The number of hydrogen-bond acceptors (Lipinski definition) is 5. The second-order valence-electron chi connectivity index (χ2n) is 5.96. The molecule has 0 radical (unpaired) electrons. The zero-order chi connectivity index (χ0) is 14.9. The van der Waals surface area contributed by atoms with E-state index in [1.807, 2.05) is 6.20 Å². The van der Waals surface area contributed by atoms with Gasteiger partial charge in [0.1, 0.15) is 5.82 Å². The fourth-order valence-electron chi connectivity index (χ4n) is 3.15. The zero-order valence-corrected chi connectivity index (χ0v) is 13.2. The summed E-state index contributed by atoms with van der Waals surface area (Å²) < 4.78 is 25.0. The fraction of sp³-hybridized carbons (Fsp3) is 0.714. The van der Waals surface area contributed by atoms with Crippen LogP contribution in [0.3, 0.4) is 0 Å². The van der Waals surface area contributed by atoms with Crippen LogP contribution < -0.4 is 4.90 Å². The number of sulfonamides is 1. The molecule has 3 rings (SSSR count). The SMILES string of the molecule is CS(=O)(=O)N1CCCC(c2cncc(N3CCCC3)n2)C1. The largest absolute Gasteiger partial charge is 0.355 e. The molecule has 0 aromatic carbocycles. The molecule has 2 fully saturated rings. The number of nitrogens with zero attached hydrogens (tertiary/aromatic N) is 4. The minimum Gasteiger partial charge on any atom is -0.355 e. The van der Waals surface area contributed by atoms with Crippen LogP contribution in [0.4, 0.5) is 5.82 Å². The van der Waals surface area contributed by atoms with Crippen LogP contribution in [0, 0.1) is 0 Å². The average molecular weight is 310 g/mol. The van der Waals surface area contributed by atoms with Crippen molar-refractivity contribution in [1.82, 2.24) is 14.3 Å². The maximum atomic E-state index is 11.7. The summed E-state index contributed by atoms with van der Waals surface area (Å²) in [6.45, 7) is 3.22. The van der Waals surface area contributed by atoms with E-state index in [9.17, 15) is 8.42 Å². The van der Waals surface area contributed by atoms with Gasteiger partial charge in [-0.2, -0.15) is 0 Å². The topological polar surface area (TPSA) is 66.4 Å². The van der Waals surface area contributed by atoms with E-state index >= 15 is 0 Å². The van der Waals surface area contributed by atoms with Crippen molar-refractivity contribution in [2.24, 2.45) is 0 Å². The Balaban J connectivity index is 1.78. The van der Waals surface area contributed by atoms with Crippen LogP contribution in [0.15, 0.2) is 12.4 Å². The minimum absolute atomic E-state index is 0.156. The summed E-state index contributed by atoms with van der Waals surface area (Å²) in [7, 11) is -3.12. The summed E-state index contributed by atoms with van der Waals surface area (Å²) in [4.78, 5) is 11.3. The van der Waals surface area contributed by atoms with Crippen molar-refractivity contribution in [3.63, 3.8) is 0 Å². The van der Waals surface area contributed by atoms with Gasteiger partial charge in [0.15, 0.2) is 0 Å². The third-order valence-corrected chi connectivity index (χ3v) is 5.61. The molecule has 0 amide bonds. The van der Waals surface area contributed by atoms with E-state index in [4.69, 9.17) is 4.98 Å². The Morgan fingerprint density at radius 1 is 1.14 bits per heavy atom. The first kappa shape index (κ1) is 14.7. The summed E-state index contributed by atoms with van der Waals surface area (Å²) in [5.41, 5.74) is 0.924. The molecule has 0 aliphatic carbocycles. The van der Waals surface area contributed by atoms with Crippen molar-refractivity contribution < 1.29 is 8.42 Å². The van der Waals surface area contributed by atoms with Crippen molar-refractivity contribution in [2.45, 2.75) is 31.6 Å². The van der Waals surface area contributed by atoms with Crippen LogP contribution in [-0.2, 0) is 10.0 Å². The van der Waals surface area contributed by atoms with Crippen molar-refractivity contribution in [3.8, 4) is 0 Å². The normalized spacial score (nSPS) is 24.4. The first-order chi connectivity index (χ1) is 10.0. The molecule has 7 heteroatoms. The van der Waals surface area contributed by atoms with E-state index in [0.29, 0.717) is 13.1 Å². The van der Waals surface area contributed by atoms with Crippen molar-refractivity contribution >= 4 is 15.8 Å². The van der Waals surface area contributed by atoms with Gasteiger partial charge in [-0.3, -0.25) is 4.98 Å². The predicted molar refractivity (Wildman–Crippen MR) is 81.9 cm³/mol. The van der Waals surface area contributed by atoms with Crippen molar-refractivity contribution in [2.75, 3.05) is 37.3 Å². The Hall–Kier alpha value is -1.21. The molecule has 1 atom stereocenters. The third kappa shape index (κ3) is 3.35. The molecular formula is C14H22N4O2S. The Morgan fingerprint density at radius 3 is 2.62 bits per heavy atom. The molecule has 0 saturated carbocycles. The monoisotopic (exact) mass is 310 g/mol. The highest BCUT2D eigenvalue weighted by Gasteiger charge is 2.28. The first-order valence-electron chi connectivity index (χ1n) is 7.56. The predicted octanol–water partition coefficient (Wildman–Crippen LogP) is 1.22. The van der Waals surface area contributed by atoms with Crippen LogP contribution in [-0.4, -0.2) is 55.1 Å². The van der Waals surface area contributed by atoms with Gasteiger partial charge in [0, 0.05) is 38.3 Å². The molecular weight excluding hydrogens is 288 g/mol. The number of aromatic nitrogens is 2. The van der Waals surface area contributed by atoms with Crippen LogP contribution >= 0.6 is 0 Å². The number of piperidine rings is 1. The smallest absolute Gasteiger partial charge is 0.211 e. The highest BCUT2D eigenvalue weighted by atomic mass is 32.2. The Labute approximate surface area is 126 Å². The quantitative estimate of drug-likeness (QED) is 0.840. The van der Waals surface area contributed by atoms with Crippen molar-refractivity contribution in [3.05, 3.63) is 18.1 Å². The number of anilines is 1. The summed E-state index contributed by atoms with van der Waals surface area (Å²) in [5.74, 6) is 1.09. The van der Waals surface area contributed by atoms with Gasteiger partial charge in [0.25, 0.3) is 0 Å². The molecule has 1 aromatic rings. The molecule has 2 aliphatic rings. The van der Waals surface area contributed by atoms with Crippen LogP contribution in [0.2, 0.25) is 0 Å². The van der Waals surface area contributed by atoms with Crippen molar-refractivity contribution in [1.29, 1.82) is 0 Å². The standard InChI is InChI=1S/C14H22N4O2S/c1-21(19,20)18-8-4-5-12(11-18)13-9-15-10-14(16-13)17-6-2-3-7-17/h9-10,12H,2-8,11H2,1H3. The van der Waals surface area contributed by atoms with Crippen LogP contribution in [0.1, 0.15) is 37.3 Å². The Morgan fingerprint density at radius 2 is 1.90 bits per heavy atom. The maximum Gasteiger partial charge on any atom is 0.211 e. The Bertz CT molecular complexity index is 599. The molecule has 21 heavy (non-hydrogen) atoms. The molecule has 1 unspecified atom stereocenters. The summed E-state index contributed by atoms with van der Waals surface area (Å²) in [6, 6.07) is 0. The summed E-state index contributed by atoms with van der Waals surface area (Å²) in [6.07, 6.45) is 9.15. The maximum absolute atomic E-state index is 11.7. The summed E-state index contributed by atoms with van der Waals surface area (Å²) in [5, 5.41) is 0. The fourth-order valence-corrected chi connectivity index (χ4v) is 4.06. The number of hydrogen-bond donors (Lipinski definition) is 0. The molecule has 2 aliphatic heterocycles. The number of rotatable bonds is 3. The lowest BCUT2D eigenvalue weighted by Crippen LogP contribution is -2.38. The van der Waals surface area contributed by atoms with Gasteiger partial charge in [0.2, 0.25) is 10.0 Å². The van der Waals surface area contributed by atoms with Gasteiger partial charge in [-0.1, -0.05) is 0 Å². The Kier molecular flexibility index (Phi) is 4.12. The van der Waals surface area contributed by atoms with Gasteiger partial charge >= 0.3 is 0 Å².